The summed E-state index contributed by atoms with van der Waals surface area (Å²) < 4.78 is 33.5. The van der Waals surface area contributed by atoms with Crippen LogP contribution < -0.4 is 14.9 Å². The molecule has 0 spiro atoms. The van der Waals surface area contributed by atoms with Crippen LogP contribution in [-0.2, 0) is 14.2 Å². The Morgan fingerprint density at radius 3 is 2.04 bits per heavy atom. The lowest BCUT2D eigenvalue weighted by Crippen LogP contribution is -2.65. The van der Waals surface area contributed by atoms with Gasteiger partial charge in [0.1, 0.15) is 59.5 Å². The molecule has 0 aliphatic carbocycles. The van der Waals surface area contributed by atoms with Crippen LogP contribution in [0.15, 0.2) is 39.5 Å². The molecule has 2 fully saturated rings. The zero-order chi connectivity index (χ0) is 32.7. The Kier molecular flexibility index (Phi) is 9.38. The lowest BCUT2D eigenvalue weighted by atomic mass is 9.97. The summed E-state index contributed by atoms with van der Waals surface area (Å²) >= 11 is 0. The van der Waals surface area contributed by atoms with Gasteiger partial charge in [0.15, 0.2) is 40.8 Å². The van der Waals surface area contributed by atoms with E-state index >= 15 is 0 Å². The first-order valence-electron chi connectivity index (χ1n) is 13.5. The first-order valence-corrected chi connectivity index (χ1v) is 13.5. The van der Waals surface area contributed by atoms with Gasteiger partial charge in [0.05, 0.1) is 20.3 Å². The summed E-state index contributed by atoms with van der Waals surface area (Å²) in [5.41, 5.74) is -0.741. The molecule has 0 amide bonds. The summed E-state index contributed by atoms with van der Waals surface area (Å²) in [4.78, 5) is 13.2. The minimum atomic E-state index is -1.92. The standard InChI is InChI=1S/C28H32O17/c1-40-15-6-14-18(12(33)5-13(41-14)9-2-3-10(31)11(32)4-9)21(36)25(15)44-28-26(23(38)20(35)17(8-30)43-28)45-27-24(39)22(37)19(34)16(7-29)42-27/h2-6,16-17,19-20,22-24,26-32,34-39H,7-8H2,1H3/t16-,17-,19+,20-,22+,23+,24-,26-,27+,28+/m1/s1. The van der Waals surface area contributed by atoms with Gasteiger partial charge in [-0.25, -0.2) is 0 Å². The molecule has 0 saturated carbocycles. The largest absolute Gasteiger partial charge is 0.504 e. The second-order valence-electron chi connectivity index (χ2n) is 10.4. The lowest BCUT2D eigenvalue weighted by Gasteiger charge is -2.45. The molecular weight excluding hydrogens is 608 g/mol. The van der Waals surface area contributed by atoms with E-state index in [-0.39, 0.29) is 28.0 Å². The number of phenols is 3. The van der Waals surface area contributed by atoms with Crippen LogP contribution in [-0.4, -0.2) is 133 Å². The number of ether oxygens (including phenoxy) is 5. The molecule has 2 aliphatic rings. The summed E-state index contributed by atoms with van der Waals surface area (Å²) in [7, 11) is 1.19. The summed E-state index contributed by atoms with van der Waals surface area (Å²) in [6.07, 6.45) is -17.4. The van der Waals surface area contributed by atoms with E-state index in [0.29, 0.717) is 0 Å². The van der Waals surface area contributed by atoms with E-state index in [2.05, 4.69) is 0 Å². The van der Waals surface area contributed by atoms with Gasteiger partial charge in [0, 0.05) is 17.7 Å². The highest BCUT2D eigenvalue weighted by atomic mass is 16.8. The van der Waals surface area contributed by atoms with Crippen LogP contribution in [0.3, 0.4) is 0 Å². The summed E-state index contributed by atoms with van der Waals surface area (Å²) in [6.45, 7) is -1.60. The van der Waals surface area contributed by atoms with Gasteiger partial charge in [-0.2, -0.15) is 0 Å². The fourth-order valence-corrected chi connectivity index (χ4v) is 5.09. The van der Waals surface area contributed by atoms with Crippen molar-refractivity contribution in [2.24, 2.45) is 0 Å². The second kappa shape index (κ2) is 12.9. The zero-order valence-electron chi connectivity index (χ0n) is 23.4. The maximum Gasteiger partial charge on any atom is 0.230 e. The van der Waals surface area contributed by atoms with E-state index in [1.165, 1.54) is 25.3 Å². The molecule has 17 heteroatoms. The Bertz CT molecular complexity index is 1570. The first-order chi connectivity index (χ1) is 21.4. The molecule has 5 rings (SSSR count). The van der Waals surface area contributed by atoms with Crippen molar-refractivity contribution >= 4 is 11.0 Å². The van der Waals surface area contributed by atoms with Gasteiger partial charge in [-0.15, -0.1) is 0 Å². The van der Waals surface area contributed by atoms with Gasteiger partial charge in [-0.05, 0) is 18.2 Å². The van der Waals surface area contributed by atoms with Gasteiger partial charge in [0.2, 0.25) is 12.0 Å². The van der Waals surface area contributed by atoms with E-state index in [0.717, 1.165) is 12.1 Å². The van der Waals surface area contributed by atoms with E-state index in [9.17, 15) is 55.9 Å². The van der Waals surface area contributed by atoms with Crippen molar-refractivity contribution in [2.45, 2.75) is 61.4 Å². The summed E-state index contributed by atoms with van der Waals surface area (Å²) in [5.74, 6) is -2.48. The predicted molar refractivity (Wildman–Crippen MR) is 146 cm³/mol. The maximum absolute atomic E-state index is 13.2. The molecule has 45 heavy (non-hydrogen) atoms. The number of hydrogen-bond donors (Lipinski definition) is 10. The molecule has 2 saturated heterocycles. The average Bonchev–Trinajstić information content (AvgIpc) is 3.02. The first kappa shape index (κ1) is 32.6. The number of aromatic hydroxyl groups is 3. The molecule has 0 radical (unpaired) electrons. The minimum Gasteiger partial charge on any atom is -0.504 e. The molecule has 10 N–H and O–H groups in total. The predicted octanol–water partition coefficient (Wildman–Crippen LogP) is -2.41. The number of rotatable bonds is 8. The molecule has 3 aromatic rings. The normalized spacial score (nSPS) is 32.0. The molecule has 0 bridgehead atoms. The van der Waals surface area contributed by atoms with Crippen LogP contribution >= 0.6 is 0 Å². The van der Waals surface area contributed by atoms with Crippen LogP contribution in [0.25, 0.3) is 22.3 Å². The highest BCUT2D eigenvalue weighted by Gasteiger charge is 2.51. The Balaban J connectivity index is 1.53. The van der Waals surface area contributed by atoms with Crippen molar-refractivity contribution in [1.29, 1.82) is 0 Å². The van der Waals surface area contributed by atoms with Crippen LogP contribution in [0.1, 0.15) is 0 Å². The van der Waals surface area contributed by atoms with E-state index in [4.69, 9.17) is 28.1 Å². The Morgan fingerprint density at radius 1 is 0.778 bits per heavy atom. The number of phenolic OH excluding ortho intramolecular Hbond substituents is 3. The fraction of sp³-hybridized carbons (Fsp3) is 0.464. The third-order valence-corrected chi connectivity index (χ3v) is 7.59. The molecule has 2 aromatic carbocycles. The van der Waals surface area contributed by atoms with E-state index in [1.54, 1.807) is 0 Å². The zero-order valence-corrected chi connectivity index (χ0v) is 23.4. The summed E-state index contributed by atoms with van der Waals surface area (Å²) in [6, 6.07) is 5.90. The van der Waals surface area contributed by atoms with Crippen molar-refractivity contribution in [2.75, 3.05) is 20.3 Å². The monoisotopic (exact) mass is 640 g/mol. The number of aliphatic hydroxyl groups excluding tert-OH is 7. The van der Waals surface area contributed by atoms with E-state index in [1.807, 2.05) is 0 Å². The molecule has 0 unspecified atom stereocenters. The third-order valence-electron chi connectivity index (χ3n) is 7.59. The van der Waals surface area contributed by atoms with Gasteiger partial charge < -0.3 is 79.2 Å². The Hall–Kier alpha value is -3.75. The Morgan fingerprint density at radius 2 is 1.42 bits per heavy atom. The van der Waals surface area contributed by atoms with Crippen LogP contribution in [0.4, 0.5) is 0 Å². The van der Waals surface area contributed by atoms with Crippen LogP contribution in [0.5, 0.6) is 28.7 Å². The molecular formula is C28H32O17. The van der Waals surface area contributed by atoms with Crippen molar-refractivity contribution in [3.8, 4) is 40.1 Å². The molecule has 3 heterocycles. The summed E-state index contributed by atoms with van der Waals surface area (Å²) in [5, 5.41) is 102. The van der Waals surface area contributed by atoms with Gasteiger partial charge in [0.25, 0.3) is 0 Å². The molecule has 246 valence electrons. The topological polar surface area (TPSA) is 279 Å². The smallest absolute Gasteiger partial charge is 0.230 e. The SMILES string of the molecule is COc1cc2oc(-c3ccc(O)c(O)c3)cc(=O)c2c(O)c1O[C@@H]1O[C@H](CO)[C@@H](O)[C@H](O)[C@H]1O[C@@H]1O[C@H](CO)[C@H](O)[C@H](O)[C@H]1O. The van der Waals surface area contributed by atoms with Gasteiger partial charge in [-0.3, -0.25) is 4.79 Å². The fourth-order valence-electron chi connectivity index (χ4n) is 5.09. The van der Waals surface area contributed by atoms with Gasteiger partial charge >= 0.3 is 0 Å². The quantitative estimate of drug-likeness (QED) is 0.115. The molecule has 10 atom stereocenters. The van der Waals surface area contributed by atoms with Crippen LogP contribution in [0, 0.1) is 0 Å². The van der Waals surface area contributed by atoms with Crippen molar-refractivity contribution in [3.05, 3.63) is 40.6 Å². The van der Waals surface area contributed by atoms with Crippen molar-refractivity contribution in [3.63, 3.8) is 0 Å². The second-order valence-corrected chi connectivity index (χ2v) is 10.4. The molecule has 17 nitrogen and oxygen atoms in total. The maximum atomic E-state index is 13.2. The highest BCUT2D eigenvalue weighted by Crippen LogP contribution is 2.44. The number of hydrogen-bond acceptors (Lipinski definition) is 17. The third kappa shape index (κ3) is 5.98. The minimum absolute atomic E-state index is 0.0376. The van der Waals surface area contributed by atoms with Crippen molar-refractivity contribution < 1.29 is 79.2 Å². The van der Waals surface area contributed by atoms with Crippen LogP contribution in [0.2, 0.25) is 0 Å². The lowest BCUT2D eigenvalue weighted by molar-refractivity contribution is -0.358. The molecule has 1 aromatic heterocycles. The van der Waals surface area contributed by atoms with E-state index < -0.39 is 103 Å². The van der Waals surface area contributed by atoms with Gasteiger partial charge in [-0.1, -0.05) is 0 Å². The number of benzene rings is 2. The molecule has 2 aliphatic heterocycles. The number of methoxy groups -OCH3 is 1. The van der Waals surface area contributed by atoms with Crippen molar-refractivity contribution in [1.82, 2.24) is 0 Å². The number of fused-ring (bicyclic) bond motifs is 1. The number of aliphatic hydroxyl groups is 7. The Labute approximate surface area is 252 Å². The highest BCUT2D eigenvalue weighted by molar-refractivity contribution is 5.89. The average molecular weight is 641 g/mol.